The molecule has 1 spiro atoms. The van der Waals surface area contributed by atoms with Crippen molar-refractivity contribution >= 4 is 28.7 Å². The van der Waals surface area contributed by atoms with Gasteiger partial charge in [0.2, 0.25) is 5.91 Å². The first-order valence-corrected chi connectivity index (χ1v) is 12.4. The lowest BCUT2D eigenvalue weighted by atomic mass is 9.98. The predicted molar refractivity (Wildman–Crippen MR) is 129 cm³/mol. The number of fused-ring (bicyclic) bond motifs is 1. The summed E-state index contributed by atoms with van der Waals surface area (Å²) in [5.41, 5.74) is 2.15. The zero-order valence-corrected chi connectivity index (χ0v) is 19.6. The smallest absolute Gasteiger partial charge is 0.256 e. The second-order valence-corrected chi connectivity index (χ2v) is 10.4. The van der Waals surface area contributed by atoms with Crippen LogP contribution in [0.25, 0.3) is 22.4 Å². The van der Waals surface area contributed by atoms with Crippen molar-refractivity contribution in [1.82, 2.24) is 19.4 Å². The minimum Gasteiger partial charge on any atom is -0.342 e. The maximum absolute atomic E-state index is 15.5. The number of halogens is 1. The van der Waals surface area contributed by atoms with Gasteiger partial charge in [0.15, 0.2) is 0 Å². The van der Waals surface area contributed by atoms with E-state index in [0.717, 1.165) is 23.9 Å². The van der Waals surface area contributed by atoms with Gasteiger partial charge in [-0.25, -0.2) is 9.37 Å². The summed E-state index contributed by atoms with van der Waals surface area (Å²) in [4.78, 5) is 38.5. The van der Waals surface area contributed by atoms with Crippen LogP contribution in [0.4, 0.5) is 4.39 Å². The molecule has 1 aromatic heterocycles. The van der Waals surface area contributed by atoms with Crippen LogP contribution in [0.3, 0.4) is 0 Å². The maximum atomic E-state index is 15.5. The number of aliphatic imine (C=N–C) groups is 1. The number of carbonyl (C=O) groups is 2. The normalized spacial score (nSPS) is 21.1. The van der Waals surface area contributed by atoms with Gasteiger partial charge >= 0.3 is 0 Å². The molecule has 8 heteroatoms. The van der Waals surface area contributed by atoms with Crippen LogP contribution in [0.15, 0.2) is 47.5 Å². The molecule has 2 saturated carbocycles. The highest BCUT2D eigenvalue weighted by molar-refractivity contribution is 6.16. The Bertz CT molecular complexity index is 1430. The molecule has 178 valence electrons. The van der Waals surface area contributed by atoms with E-state index in [2.05, 4.69) is 4.98 Å². The number of para-hydroxylation sites is 2. The van der Waals surface area contributed by atoms with Gasteiger partial charge < -0.3 is 9.47 Å². The number of nitrogens with zero attached hydrogens (tertiary/aromatic N) is 5. The Balaban J connectivity index is 1.16. The molecule has 3 heterocycles. The van der Waals surface area contributed by atoms with E-state index >= 15 is 4.39 Å². The van der Waals surface area contributed by atoms with Crippen LogP contribution < -0.4 is 0 Å². The summed E-state index contributed by atoms with van der Waals surface area (Å²) in [7, 11) is 1.92. The van der Waals surface area contributed by atoms with Gasteiger partial charge in [-0.05, 0) is 49.9 Å². The minimum absolute atomic E-state index is 0.0294. The molecule has 3 aromatic rings. The quantitative estimate of drug-likeness (QED) is 0.573. The van der Waals surface area contributed by atoms with E-state index in [-0.39, 0.29) is 23.7 Å². The Morgan fingerprint density at radius 2 is 1.91 bits per heavy atom. The van der Waals surface area contributed by atoms with Gasteiger partial charge in [-0.15, -0.1) is 0 Å². The Hall–Kier alpha value is -3.55. The number of rotatable bonds is 5. The van der Waals surface area contributed by atoms with Crippen molar-refractivity contribution in [1.29, 1.82) is 0 Å². The Morgan fingerprint density at radius 1 is 1.14 bits per heavy atom. The van der Waals surface area contributed by atoms with Crippen LogP contribution in [0.5, 0.6) is 0 Å². The summed E-state index contributed by atoms with van der Waals surface area (Å²) in [6, 6.07) is 12.9. The Kier molecular flexibility index (Phi) is 4.29. The van der Waals surface area contributed by atoms with Crippen molar-refractivity contribution in [3.8, 4) is 11.4 Å². The largest absolute Gasteiger partial charge is 0.342 e. The number of carbonyl (C=O) groups excluding carboxylic acids is 2. The number of aromatic nitrogens is 2. The first-order chi connectivity index (χ1) is 16.9. The molecule has 0 atom stereocenters. The lowest BCUT2D eigenvalue weighted by molar-refractivity contribution is -0.139. The van der Waals surface area contributed by atoms with Crippen LogP contribution in [0.2, 0.25) is 0 Å². The lowest BCUT2D eigenvalue weighted by Crippen LogP contribution is -2.55. The van der Waals surface area contributed by atoms with Crippen molar-refractivity contribution in [3.63, 3.8) is 0 Å². The number of hydrogen-bond acceptors (Lipinski definition) is 4. The molecule has 0 unspecified atom stereocenters. The van der Waals surface area contributed by atoms with E-state index < -0.39 is 11.4 Å². The molecular formula is C27H26FN5O2. The topological polar surface area (TPSA) is 70.8 Å². The van der Waals surface area contributed by atoms with Crippen LogP contribution in [-0.2, 0) is 16.6 Å². The van der Waals surface area contributed by atoms with Crippen LogP contribution in [-0.4, -0.2) is 62.2 Å². The molecule has 7 rings (SSSR count). The van der Waals surface area contributed by atoms with Crippen LogP contribution in [0, 0.1) is 17.7 Å². The SMILES string of the molecule is Cn1c(-c2ccc(C3=NC4(CC4)C(=O)N3CC3CN(C(=O)C4CC4)C3)c(F)c2)nc2ccccc21. The number of imidazole rings is 1. The van der Waals surface area contributed by atoms with Crippen molar-refractivity contribution in [2.24, 2.45) is 23.9 Å². The molecular weight excluding hydrogens is 445 g/mol. The fourth-order valence-electron chi connectivity index (χ4n) is 5.43. The van der Waals surface area contributed by atoms with Crippen LogP contribution in [0.1, 0.15) is 31.2 Å². The highest BCUT2D eigenvalue weighted by atomic mass is 19.1. The predicted octanol–water partition coefficient (Wildman–Crippen LogP) is 3.37. The number of likely N-dealkylation sites (tertiary alicyclic amines) is 1. The average molecular weight is 472 g/mol. The molecule has 0 N–H and O–H groups in total. The third kappa shape index (κ3) is 3.22. The number of aryl methyl sites for hydroxylation is 1. The highest BCUT2D eigenvalue weighted by Crippen LogP contribution is 2.46. The summed E-state index contributed by atoms with van der Waals surface area (Å²) in [6.45, 7) is 1.79. The van der Waals surface area contributed by atoms with E-state index in [0.29, 0.717) is 55.3 Å². The third-order valence-corrected chi connectivity index (χ3v) is 7.83. The van der Waals surface area contributed by atoms with Crippen LogP contribution >= 0.6 is 0 Å². The number of amides is 2. The summed E-state index contributed by atoms with van der Waals surface area (Å²) < 4.78 is 17.5. The Morgan fingerprint density at radius 3 is 2.60 bits per heavy atom. The number of hydrogen-bond donors (Lipinski definition) is 0. The summed E-state index contributed by atoms with van der Waals surface area (Å²) in [5.74, 6) is 1.31. The van der Waals surface area contributed by atoms with Gasteiger partial charge in [0.25, 0.3) is 5.91 Å². The molecule has 4 aliphatic rings. The standard InChI is InChI=1S/C27H26FN5O2/c1-31-22-5-3-2-4-21(22)29-23(31)18-8-9-19(20(28)12-18)24-30-27(10-11-27)26(35)33(24)15-16-13-32(14-16)25(34)17-6-7-17/h2-5,8-9,12,16-17H,6-7,10-11,13-15H2,1H3. The first kappa shape index (κ1) is 20.8. The van der Waals surface area contributed by atoms with Gasteiger partial charge in [0, 0.05) is 44.1 Å². The van der Waals surface area contributed by atoms with Gasteiger partial charge in [0.05, 0.1) is 16.6 Å². The fraction of sp³-hybridized carbons (Fsp3) is 0.407. The molecule has 3 fully saturated rings. The van der Waals surface area contributed by atoms with E-state index in [1.54, 1.807) is 11.0 Å². The molecule has 2 aromatic carbocycles. The Labute approximate surface area is 202 Å². The molecule has 0 radical (unpaired) electrons. The van der Waals surface area contributed by atoms with Crippen molar-refractivity contribution in [2.45, 2.75) is 31.2 Å². The lowest BCUT2D eigenvalue weighted by Gasteiger charge is -2.41. The van der Waals surface area contributed by atoms with Gasteiger partial charge in [-0.3, -0.25) is 19.5 Å². The molecule has 2 amide bonds. The van der Waals surface area contributed by atoms with E-state index in [9.17, 15) is 9.59 Å². The van der Waals surface area contributed by atoms with Crippen molar-refractivity contribution in [3.05, 3.63) is 53.8 Å². The molecule has 0 bridgehead atoms. The van der Waals surface area contributed by atoms with E-state index in [4.69, 9.17) is 4.99 Å². The monoisotopic (exact) mass is 471 g/mol. The number of benzene rings is 2. The summed E-state index contributed by atoms with van der Waals surface area (Å²) in [6.07, 6.45) is 3.41. The van der Waals surface area contributed by atoms with Gasteiger partial charge in [-0.1, -0.05) is 18.2 Å². The summed E-state index contributed by atoms with van der Waals surface area (Å²) in [5, 5.41) is 0. The average Bonchev–Trinajstić information content (AvgIpc) is 3.75. The minimum atomic E-state index is -0.703. The molecule has 7 nitrogen and oxygen atoms in total. The highest BCUT2D eigenvalue weighted by Gasteiger charge is 2.58. The molecule has 2 aliphatic heterocycles. The van der Waals surface area contributed by atoms with Gasteiger partial charge in [0.1, 0.15) is 23.0 Å². The molecule has 1 saturated heterocycles. The second kappa shape index (κ2) is 7.23. The zero-order valence-electron chi connectivity index (χ0n) is 19.6. The second-order valence-electron chi connectivity index (χ2n) is 10.4. The van der Waals surface area contributed by atoms with E-state index in [1.807, 2.05) is 46.8 Å². The molecule has 35 heavy (non-hydrogen) atoms. The summed E-state index contributed by atoms with van der Waals surface area (Å²) >= 11 is 0. The third-order valence-electron chi connectivity index (χ3n) is 7.83. The van der Waals surface area contributed by atoms with Crippen molar-refractivity contribution < 1.29 is 14.0 Å². The molecule has 2 aliphatic carbocycles. The van der Waals surface area contributed by atoms with E-state index in [1.165, 1.54) is 6.07 Å². The van der Waals surface area contributed by atoms with Crippen molar-refractivity contribution in [2.75, 3.05) is 19.6 Å². The van der Waals surface area contributed by atoms with Gasteiger partial charge in [-0.2, -0.15) is 0 Å². The zero-order chi connectivity index (χ0) is 23.9. The maximum Gasteiger partial charge on any atom is 0.256 e. The number of amidine groups is 1. The fourth-order valence-corrected chi connectivity index (χ4v) is 5.43. The first-order valence-electron chi connectivity index (χ1n) is 12.4.